The van der Waals surface area contributed by atoms with Gasteiger partial charge in [0.25, 0.3) is 0 Å². The highest BCUT2D eigenvalue weighted by Gasteiger charge is 2.57. The summed E-state index contributed by atoms with van der Waals surface area (Å²) in [6.45, 7) is 9.10. The van der Waals surface area contributed by atoms with Crippen molar-refractivity contribution in [3.63, 3.8) is 0 Å². The molecule has 0 aromatic carbocycles. The number of hydrogen-bond acceptors (Lipinski definition) is 3. The molecule has 1 heterocycles. The summed E-state index contributed by atoms with van der Waals surface area (Å²) >= 11 is 0. The Morgan fingerprint density at radius 3 is 2.27 bits per heavy atom. The molecule has 1 aliphatic heterocycles. The number of methoxy groups -OCH3 is 1. The van der Waals surface area contributed by atoms with Gasteiger partial charge in [0.2, 0.25) is 0 Å². The zero-order chi connectivity index (χ0) is 11.2. The van der Waals surface area contributed by atoms with Crippen molar-refractivity contribution in [1.29, 1.82) is 0 Å². The van der Waals surface area contributed by atoms with Gasteiger partial charge in [0.1, 0.15) is 0 Å². The van der Waals surface area contributed by atoms with Gasteiger partial charge in [0, 0.05) is 25.0 Å². The molecule has 2 rings (SSSR count). The van der Waals surface area contributed by atoms with Gasteiger partial charge in [-0.15, -0.1) is 0 Å². The van der Waals surface area contributed by atoms with E-state index in [0.29, 0.717) is 12.3 Å². The summed E-state index contributed by atoms with van der Waals surface area (Å²) in [4.78, 5) is 13.7. The van der Waals surface area contributed by atoms with Gasteiger partial charge in [-0.2, -0.15) is 0 Å². The predicted molar refractivity (Wildman–Crippen MR) is 58.4 cm³/mol. The quantitative estimate of drug-likeness (QED) is 0.649. The van der Waals surface area contributed by atoms with E-state index >= 15 is 0 Å². The molecular formula is C12H21NO2. The second kappa shape index (κ2) is 3.48. The lowest BCUT2D eigenvalue weighted by atomic mass is 10.1. The number of likely N-dealkylation sites (tertiary alicyclic amines) is 1. The normalized spacial score (nSPS) is 35.1. The third-order valence-electron chi connectivity index (χ3n) is 3.95. The van der Waals surface area contributed by atoms with E-state index in [0.717, 1.165) is 24.9 Å². The fourth-order valence-electron chi connectivity index (χ4n) is 2.78. The third-order valence-corrected chi connectivity index (χ3v) is 3.95. The number of fused-ring (bicyclic) bond motifs is 1. The van der Waals surface area contributed by atoms with E-state index in [1.165, 1.54) is 7.11 Å². The Hall–Kier alpha value is -0.570. The number of piperidine rings is 1. The van der Waals surface area contributed by atoms with Crippen LogP contribution in [0.25, 0.3) is 0 Å². The molecule has 1 saturated carbocycles. The first kappa shape index (κ1) is 10.9. The molecule has 1 aliphatic carbocycles. The average Bonchev–Trinajstić information content (AvgIpc) is 2.63. The van der Waals surface area contributed by atoms with Gasteiger partial charge in [-0.05, 0) is 38.5 Å². The molecule has 0 aromatic rings. The number of carbonyl (C=O) groups excluding carboxylic acids is 1. The molecule has 2 unspecified atom stereocenters. The van der Waals surface area contributed by atoms with Gasteiger partial charge >= 0.3 is 5.97 Å². The Kier molecular flexibility index (Phi) is 2.53. The second-order valence-corrected chi connectivity index (χ2v) is 5.85. The van der Waals surface area contributed by atoms with Crippen molar-refractivity contribution in [1.82, 2.24) is 4.90 Å². The van der Waals surface area contributed by atoms with Crippen LogP contribution in [0.15, 0.2) is 0 Å². The SMILES string of the molecule is COC(=O)CC1C2CN(C(C)(C)C)CC12. The fraction of sp³-hybridized carbons (Fsp3) is 0.917. The van der Waals surface area contributed by atoms with Gasteiger partial charge in [-0.25, -0.2) is 0 Å². The highest BCUT2D eigenvalue weighted by molar-refractivity contribution is 5.70. The largest absolute Gasteiger partial charge is 0.469 e. The van der Waals surface area contributed by atoms with Crippen LogP contribution in [-0.4, -0.2) is 36.6 Å². The monoisotopic (exact) mass is 211 g/mol. The average molecular weight is 211 g/mol. The third kappa shape index (κ3) is 2.03. The zero-order valence-electron chi connectivity index (χ0n) is 10.1. The van der Waals surface area contributed by atoms with Gasteiger partial charge in [-0.1, -0.05) is 0 Å². The first-order valence-electron chi connectivity index (χ1n) is 5.75. The topological polar surface area (TPSA) is 29.5 Å². The minimum atomic E-state index is -0.0447. The van der Waals surface area contributed by atoms with Crippen LogP contribution < -0.4 is 0 Å². The van der Waals surface area contributed by atoms with Crippen LogP contribution >= 0.6 is 0 Å². The summed E-state index contributed by atoms with van der Waals surface area (Å²) in [6, 6.07) is 0. The van der Waals surface area contributed by atoms with Crippen LogP contribution in [0.1, 0.15) is 27.2 Å². The summed E-state index contributed by atoms with van der Waals surface area (Å²) in [6.07, 6.45) is 0.629. The Balaban J connectivity index is 1.81. The van der Waals surface area contributed by atoms with E-state index in [1.54, 1.807) is 0 Å². The molecule has 2 fully saturated rings. The molecule has 1 saturated heterocycles. The molecule has 0 amide bonds. The van der Waals surface area contributed by atoms with E-state index in [-0.39, 0.29) is 11.5 Å². The van der Waals surface area contributed by atoms with Crippen LogP contribution in [-0.2, 0) is 9.53 Å². The summed E-state index contributed by atoms with van der Waals surface area (Å²) in [5.41, 5.74) is 0.281. The summed E-state index contributed by atoms with van der Waals surface area (Å²) in [5, 5.41) is 0. The van der Waals surface area contributed by atoms with Crippen molar-refractivity contribution in [2.24, 2.45) is 17.8 Å². The van der Waals surface area contributed by atoms with Crippen molar-refractivity contribution in [3.8, 4) is 0 Å². The van der Waals surface area contributed by atoms with Gasteiger partial charge < -0.3 is 4.74 Å². The number of nitrogens with zero attached hydrogens (tertiary/aromatic N) is 1. The number of ether oxygens (including phenoxy) is 1. The van der Waals surface area contributed by atoms with Crippen molar-refractivity contribution >= 4 is 5.97 Å². The molecule has 3 heteroatoms. The van der Waals surface area contributed by atoms with E-state index in [4.69, 9.17) is 4.74 Å². The first-order valence-corrected chi connectivity index (χ1v) is 5.75. The molecule has 86 valence electrons. The van der Waals surface area contributed by atoms with Crippen LogP contribution in [0.2, 0.25) is 0 Å². The van der Waals surface area contributed by atoms with Gasteiger partial charge in [0.15, 0.2) is 0 Å². The van der Waals surface area contributed by atoms with Crippen molar-refractivity contribution in [3.05, 3.63) is 0 Å². The lowest BCUT2D eigenvalue weighted by Crippen LogP contribution is -2.41. The van der Waals surface area contributed by atoms with Crippen LogP contribution in [0.4, 0.5) is 0 Å². The van der Waals surface area contributed by atoms with E-state index in [1.807, 2.05) is 0 Å². The second-order valence-electron chi connectivity index (χ2n) is 5.85. The van der Waals surface area contributed by atoms with Gasteiger partial charge in [-0.3, -0.25) is 9.69 Å². The Bertz CT molecular complexity index is 257. The standard InChI is InChI=1S/C12H21NO2/c1-12(2,3)13-6-9-8(10(9)7-13)5-11(14)15-4/h8-10H,5-7H2,1-4H3. The molecule has 3 nitrogen and oxygen atoms in total. The molecule has 0 aromatic heterocycles. The van der Waals surface area contributed by atoms with Crippen LogP contribution in [0.3, 0.4) is 0 Å². The number of rotatable bonds is 2. The molecule has 15 heavy (non-hydrogen) atoms. The van der Waals surface area contributed by atoms with Crippen molar-refractivity contribution < 1.29 is 9.53 Å². The van der Waals surface area contributed by atoms with Crippen LogP contribution in [0, 0.1) is 17.8 Å². The minimum Gasteiger partial charge on any atom is -0.469 e. The summed E-state index contributed by atoms with van der Waals surface area (Å²) in [7, 11) is 1.47. The van der Waals surface area contributed by atoms with E-state index in [2.05, 4.69) is 25.7 Å². The molecule has 0 radical (unpaired) electrons. The lowest BCUT2D eigenvalue weighted by molar-refractivity contribution is -0.141. The Labute approximate surface area is 91.8 Å². The molecule has 0 spiro atoms. The molecule has 2 atom stereocenters. The summed E-state index contributed by atoms with van der Waals surface area (Å²) < 4.78 is 4.71. The maximum Gasteiger partial charge on any atom is 0.305 e. The van der Waals surface area contributed by atoms with E-state index < -0.39 is 0 Å². The Morgan fingerprint density at radius 2 is 1.87 bits per heavy atom. The molecule has 2 aliphatic rings. The highest BCUT2D eigenvalue weighted by Crippen LogP contribution is 2.54. The molecule has 0 N–H and O–H groups in total. The maximum absolute atomic E-state index is 11.1. The number of carbonyl (C=O) groups is 1. The maximum atomic E-state index is 11.1. The molecule has 0 bridgehead atoms. The minimum absolute atomic E-state index is 0.0447. The number of esters is 1. The fourth-order valence-corrected chi connectivity index (χ4v) is 2.78. The summed E-state index contributed by atoms with van der Waals surface area (Å²) in [5.74, 6) is 2.07. The van der Waals surface area contributed by atoms with Crippen LogP contribution in [0.5, 0.6) is 0 Å². The zero-order valence-corrected chi connectivity index (χ0v) is 10.1. The Morgan fingerprint density at radius 1 is 1.33 bits per heavy atom. The van der Waals surface area contributed by atoms with Gasteiger partial charge in [0.05, 0.1) is 7.11 Å². The van der Waals surface area contributed by atoms with E-state index in [9.17, 15) is 4.79 Å². The lowest BCUT2D eigenvalue weighted by Gasteiger charge is -2.33. The highest BCUT2D eigenvalue weighted by atomic mass is 16.5. The molecular weight excluding hydrogens is 190 g/mol. The smallest absolute Gasteiger partial charge is 0.305 e. The first-order chi connectivity index (χ1) is 6.93. The predicted octanol–water partition coefficient (Wildman–Crippen LogP) is 1.53. The van der Waals surface area contributed by atoms with Crippen molar-refractivity contribution in [2.45, 2.75) is 32.7 Å². The number of hydrogen-bond donors (Lipinski definition) is 0. The van der Waals surface area contributed by atoms with Crippen molar-refractivity contribution in [2.75, 3.05) is 20.2 Å².